The van der Waals surface area contributed by atoms with Gasteiger partial charge in [-0.05, 0) is 41.0 Å². The predicted molar refractivity (Wildman–Crippen MR) is 118 cm³/mol. The van der Waals surface area contributed by atoms with Gasteiger partial charge in [0.1, 0.15) is 17.8 Å². The van der Waals surface area contributed by atoms with Gasteiger partial charge in [0.25, 0.3) is 0 Å². The normalized spacial score (nSPS) is 20.6. The second-order valence-electron chi connectivity index (χ2n) is 7.56. The van der Waals surface area contributed by atoms with Crippen LogP contribution in [0.2, 0.25) is 0 Å². The fraction of sp³-hybridized carbons (Fsp3) is 0.240. The summed E-state index contributed by atoms with van der Waals surface area (Å²) in [5.74, 6) is 2.84. The zero-order valence-corrected chi connectivity index (χ0v) is 17.7. The van der Waals surface area contributed by atoms with Crippen LogP contribution in [0.5, 0.6) is 11.5 Å². The highest BCUT2D eigenvalue weighted by atomic mass is 32.2. The lowest BCUT2D eigenvalue weighted by Gasteiger charge is -2.43. The van der Waals surface area contributed by atoms with Gasteiger partial charge >= 0.3 is 0 Å². The Morgan fingerprint density at radius 3 is 2.21 bits per heavy atom. The average Bonchev–Trinajstić information content (AvgIpc) is 2.79. The van der Waals surface area contributed by atoms with E-state index in [-0.39, 0.29) is 11.3 Å². The third-order valence-corrected chi connectivity index (χ3v) is 7.26. The molecule has 148 valence electrons. The third kappa shape index (κ3) is 3.53. The first-order valence-corrected chi connectivity index (χ1v) is 10.6. The first-order valence-electron chi connectivity index (χ1n) is 9.59. The number of hydrogen-bond donors (Lipinski definition) is 0. The third-order valence-electron chi connectivity index (χ3n) is 5.85. The van der Waals surface area contributed by atoms with Gasteiger partial charge in [-0.3, -0.25) is 4.79 Å². The SMILES string of the molecule is COc1ccc(C2(C)CSc3cc(OC)ccc3C2c2ccc(C=O)cc2)cc1. The number of thioether (sulfide) groups is 1. The maximum absolute atomic E-state index is 11.1. The molecule has 0 saturated carbocycles. The van der Waals surface area contributed by atoms with Crippen molar-refractivity contribution in [2.75, 3.05) is 20.0 Å². The second-order valence-corrected chi connectivity index (χ2v) is 8.57. The van der Waals surface area contributed by atoms with Crippen LogP contribution < -0.4 is 9.47 Å². The van der Waals surface area contributed by atoms with Crippen LogP contribution in [0.4, 0.5) is 0 Å². The van der Waals surface area contributed by atoms with Crippen molar-refractivity contribution in [3.05, 3.63) is 89.0 Å². The van der Waals surface area contributed by atoms with Crippen LogP contribution in [0.25, 0.3) is 0 Å². The molecule has 3 aromatic carbocycles. The number of carbonyl (C=O) groups excluding carboxylic acids is 1. The van der Waals surface area contributed by atoms with E-state index < -0.39 is 0 Å². The number of aldehydes is 1. The fourth-order valence-electron chi connectivity index (χ4n) is 4.20. The molecule has 2 atom stereocenters. The molecule has 0 aliphatic carbocycles. The number of benzene rings is 3. The van der Waals surface area contributed by atoms with Crippen LogP contribution in [-0.4, -0.2) is 26.3 Å². The molecule has 4 heteroatoms. The lowest BCUT2D eigenvalue weighted by Crippen LogP contribution is -2.36. The predicted octanol–water partition coefficient (Wildman–Crippen LogP) is 5.71. The van der Waals surface area contributed by atoms with Crippen LogP contribution >= 0.6 is 11.8 Å². The molecule has 1 heterocycles. The first-order chi connectivity index (χ1) is 14.1. The van der Waals surface area contributed by atoms with E-state index in [1.54, 1.807) is 14.2 Å². The fourth-order valence-corrected chi connectivity index (χ4v) is 5.54. The second kappa shape index (κ2) is 7.96. The summed E-state index contributed by atoms with van der Waals surface area (Å²) < 4.78 is 10.8. The Morgan fingerprint density at radius 2 is 1.59 bits per heavy atom. The monoisotopic (exact) mass is 404 g/mol. The van der Waals surface area contributed by atoms with Gasteiger partial charge in [-0.1, -0.05) is 49.4 Å². The maximum Gasteiger partial charge on any atom is 0.150 e. The highest BCUT2D eigenvalue weighted by molar-refractivity contribution is 7.99. The van der Waals surface area contributed by atoms with Crippen LogP contribution in [0.15, 0.2) is 71.6 Å². The summed E-state index contributed by atoms with van der Waals surface area (Å²) in [5.41, 5.74) is 4.36. The van der Waals surface area contributed by atoms with E-state index in [2.05, 4.69) is 43.3 Å². The van der Waals surface area contributed by atoms with Crippen molar-refractivity contribution < 1.29 is 14.3 Å². The molecule has 3 aromatic rings. The van der Waals surface area contributed by atoms with Crippen molar-refractivity contribution in [3.8, 4) is 11.5 Å². The molecule has 29 heavy (non-hydrogen) atoms. The van der Waals surface area contributed by atoms with Gasteiger partial charge in [0.05, 0.1) is 14.2 Å². The largest absolute Gasteiger partial charge is 0.497 e. The van der Waals surface area contributed by atoms with Gasteiger partial charge in [0.15, 0.2) is 0 Å². The van der Waals surface area contributed by atoms with E-state index in [0.717, 1.165) is 23.5 Å². The van der Waals surface area contributed by atoms with Crippen LogP contribution in [0, 0.1) is 0 Å². The molecular weight excluding hydrogens is 380 g/mol. The molecule has 0 aromatic heterocycles. The van der Waals surface area contributed by atoms with E-state index in [0.29, 0.717) is 5.56 Å². The molecule has 4 rings (SSSR count). The molecule has 0 radical (unpaired) electrons. The number of hydrogen-bond acceptors (Lipinski definition) is 4. The van der Waals surface area contributed by atoms with Gasteiger partial charge < -0.3 is 9.47 Å². The van der Waals surface area contributed by atoms with Crippen LogP contribution in [0.3, 0.4) is 0 Å². The first kappa shape index (κ1) is 19.6. The van der Waals surface area contributed by atoms with Gasteiger partial charge in [-0.15, -0.1) is 11.8 Å². The molecule has 0 saturated heterocycles. The number of carbonyl (C=O) groups is 1. The Morgan fingerprint density at radius 1 is 0.931 bits per heavy atom. The van der Waals surface area contributed by atoms with E-state index >= 15 is 0 Å². The molecule has 0 fully saturated rings. The average molecular weight is 405 g/mol. The van der Waals surface area contributed by atoms with Crippen LogP contribution in [0.1, 0.15) is 39.9 Å². The minimum atomic E-state index is -0.110. The van der Waals surface area contributed by atoms with Crippen LogP contribution in [-0.2, 0) is 5.41 Å². The quantitative estimate of drug-likeness (QED) is 0.510. The Hall–Kier alpha value is -2.72. The molecule has 0 bridgehead atoms. The zero-order valence-electron chi connectivity index (χ0n) is 16.8. The minimum Gasteiger partial charge on any atom is -0.497 e. The van der Waals surface area contributed by atoms with Crippen molar-refractivity contribution in [1.29, 1.82) is 0 Å². The van der Waals surface area contributed by atoms with Crippen molar-refractivity contribution in [3.63, 3.8) is 0 Å². The van der Waals surface area contributed by atoms with Crippen molar-refractivity contribution in [2.45, 2.75) is 23.2 Å². The summed E-state index contributed by atoms with van der Waals surface area (Å²) in [4.78, 5) is 12.4. The van der Waals surface area contributed by atoms with Crippen molar-refractivity contribution in [2.24, 2.45) is 0 Å². The Bertz CT molecular complexity index is 1010. The lowest BCUT2D eigenvalue weighted by molar-refractivity contribution is 0.112. The Balaban J connectivity index is 1.87. The summed E-state index contributed by atoms with van der Waals surface area (Å²) in [5, 5.41) is 0. The molecule has 2 unspecified atom stereocenters. The molecule has 3 nitrogen and oxygen atoms in total. The van der Waals surface area contributed by atoms with E-state index in [4.69, 9.17) is 9.47 Å². The van der Waals surface area contributed by atoms with E-state index in [1.807, 2.05) is 42.1 Å². The highest BCUT2D eigenvalue weighted by Gasteiger charge is 2.42. The highest BCUT2D eigenvalue weighted by Crippen LogP contribution is 2.53. The summed E-state index contributed by atoms with van der Waals surface area (Å²) in [7, 11) is 3.39. The Labute approximate surface area is 176 Å². The molecular formula is C25H24O3S. The van der Waals surface area contributed by atoms with E-state index in [1.165, 1.54) is 21.6 Å². The van der Waals surface area contributed by atoms with Crippen molar-refractivity contribution in [1.82, 2.24) is 0 Å². The summed E-state index contributed by atoms with van der Waals surface area (Å²) in [6.07, 6.45) is 0.891. The maximum atomic E-state index is 11.1. The summed E-state index contributed by atoms with van der Waals surface area (Å²) in [6, 6.07) is 22.7. The molecule has 0 spiro atoms. The molecule has 0 amide bonds. The summed E-state index contributed by atoms with van der Waals surface area (Å²) >= 11 is 1.87. The molecule has 0 N–H and O–H groups in total. The number of methoxy groups -OCH3 is 2. The topological polar surface area (TPSA) is 35.5 Å². The smallest absolute Gasteiger partial charge is 0.150 e. The summed E-state index contributed by atoms with van der Waals surface area (Å²) in [6.45, 7) is 2.33. The standard InChI is InChI=1S/C25H24O3S/c1-25(19-8-10-20(27-2)11-9-19)16-29-23-14-21(28-3)12-13-22(23)24(25)18-6-4-17(15-26)5-7-18/h4-15,24H,16H2,1-3H3. The lowest BCUT2D eigenvalue weighted by atomic mass is 9.67. The van der Waals surface area contributed by atoms with Gasteiger partial charge in [0, 0.05) is 27.5 Å². The van der Waals surface area contributed by atoms with Crippen molar-refractivity contribution >= 4 is 18.0 Å². The van der Waals surface area contributed by atoms with Gasteiger partial charge in [-0.25, -0.2) is 0 Å². The Kier molecular flexibility index (Phi) is 5.37. The number of fused-ring (bicyclic) bond motifs is 1. The molecule has 1 aliphatic heterocycles. The van der Waals surface area contributed by atoms with Gasteiger partial charge in [0.2, 0.25) is 0 Å². The number of rotatable bonds is 5. The molecule has 1 aliphatic rings. The zero-order chi connectivity index (χ0) is 20.4. The van der Waals surface area contributed by atoms with Gasteiger partial charge in [-0.2, -0.15) is 0 Å². The van der Waals surface area contributed by atoms with E-state index in [9.17, 15) is 4.79 Å². The number of ether oxygens (including phenoxy) is 2. The minimum absolute atomic E-state index is 0.110.